The molecule has 1 heterocycles. The Kier molecular flexibility index (Phi) is 3.17. The number of pyridine rings is 1. The smallest absolute Gasteiger partial charge is 0.253 e. The second-order valence-electron chi connectivity index (χ2n) is 3.07. The van der Waals surface area contributed by atoms with Gasteiger partial charge >= 0.3 is 0 Å². The zero-order valence-electron chi connectivity index (χ0n) is 8.26. The van der Waals surface area contributed by atoms with Gasteiger partial charge in [0.25, 0.3) is 5.24 Å². The Hall–Kier alpha value is -1.87. The van der Waals surface area contributed by atoms with Gasteiger partial charge in [-0.1, -0.05) is 18.2 Å². The van der Waals surface area contributed by atoms with Gasteiger partial charge in [0.15, 0.2) is 0 Å². The summed E-state index contributed by atoms with van der Waals surface area (Å²) >= 11 is 5.30. The summed E-state index contributed by atoms with van der Waals surface area (Å²) in [6, 6.07) is 12.4. The first-order valence-corrected chi connectivity index (χ1v) is 5.02. The molecule has 16 heavy (non-hydrogen) atoms. The van der Waals surface area contributed by atoms with E-state index < -0.39 is 5.24 Å². The van der Waals surface area contributed by atoms with Crippen LogP contribution >= 0.6 is 11.6 Å². The summed E-state index contributed by atoms with van der Waals surface area (Å²) in [6.07, 6.45) is 1.38. The number of benzene rings is 1. The summed E-state index contributed by atoms with van der Waals surface area (Å²) in [5.41, 5.74) is 0.349. The second kappa shape index (κ2) is 4.77. The van der Waals surface area contributed by atoms with Crippen LogP contribution in [0.1, 0.15) is 10.4 Å². The lowest BCUT2D eigenvalue weighted by Gasteiger charge is -2.03. The van der Waals surface area contributed by atoms with Crippen molar-refractivity contribution in [3.8, 4) is 11.6 Å². The molecule has 0 spiro atoms. The van der Waals surface area contributed by atoms with Crippen molar-refractivity contribution in [2.75, 3.05) is 0 Å². The van der Waals surface area contributed by atoms with Gasteiger partial charge in [-0.05, 0) is 29.8 Å². The van der Waals surface area contributed by atoms with Crippen LogP contribution in [0.3, 0.4) is 0 Å². The Morgan fingerprint density at radius 3 is 2.44 bits per heavy atom. The molecule has 0 unspecified atom stereocenters. The van der Waals surface area contributed by atoms with E-state index in [0.717, 1.165) is 0 Å². The lowest BCUT2D eigenvalue weighted by atomic mass is 10.3. The highest BCUT2D eigenvalue weighted by molar-refractivity contribution is 6.67. The largest absolute Gasteiger partial charge is 0.439 e. The van der Waals surface area contributed by atoms with Crippen molar-refractivity contribution < 1.29 is 9.53 Å². The van der Waals surface area contributed by atoms with Crippen LogP contribution in [0.2, 0.25) is 0 Å². The maximum absolute atomic E-state index is 10.8. The third-order valence-electron chi connectivity index (χ3n) is 1.93. The molecule has 0 bridgehead atoms. The lowest BCUT2D eigenvalue weighted by Crippen LogP contribution is -1.92. The SMILES string of the molecule is O=C(Cl)c1ccc(Oc2ccccc2)nc1. The minimum atomic E-state index is -0.529. The van der Waals surface area contributed by atoms with Crippen molar-refractivity contribution in [2.45, 2.75) is 0 Å². The van der Waals surface area contributed by atoms with E-state index in [4.69, 9.17) is 16.3 Å². The molecule has 0 saturated carbocycles. The number of nitrogens with zero attached hydrogens (tertiary/aromatic N) is 1. The van der Waals surface area contributed by atoms with Crippen molar-refractivity contribution >= 4 is 16.8 Å². The maximum Gasteiger partial charge on any atom is 0.253 e. The van der Waals surface area contributed by atoms with Crippen LogP contribution in [0, 0.1) is 0 Å². The fourth-order valence-corrected chi connectivity index (χ4v) is 1.28. The average Bonchev–Trinajstić information content (AvgIpc) is 2.31. The van der Waals surface area contributed by atoms with Crippen molar-refractivity contribution in [3.63, 3.8) is 0 Å². The molecule has 0 aliphatic carbocycles. The molecule has 1 aromatic carbocycles. The molecule has 0 radical (unpaired) electrons. The molecular weight excluding hydrogens is 226 g/mol. The zero-order chi connectivity index (χ0) is 11.4. The molecule has 2 aromatic rings. The second-order valence-corrected chi connectivity index (χ2v) is 3.42. The highest BCUT2D eigenvalue weighted by Crippen LogP contribution is 2.18. The maximum atomic E-state index is 10.8. The van der Waals surface area contributed by atoms with E-state index in [-0.39, 0.29) is 0 Å². The first-order valence-electron chi connectivity index (χ1n) is 4.64. The Morgan fingerprint density at radius 1 is 1.12 bits per heavy atom. The van der Waals surface area contributed by atoms with Gasteiger partial charge in [-0.25, -0.2) is 4.98 Å². The molecule has 0 saturated heterocycles. The van der Waals surface area contributed by atoms with Gasteiger partial charge in [0.2, 0.25) is 5.88 Å². The number of ether oxygens (including phenoxy) is 1. The van der Waals surface area contributed by atoms with Crippen LogP contribution in [0.5, 0.6) is 11.6 Å². The summed E-state index contributed by atoms with van der Waals surface area (Å²) < 4.78 is 5.45. The number of carbonyl (C=O) groups is 1. The number of carbonyl (C=O) groups excluding carboxylic acids is 1. The van der Waals surface area contributed by atoms with E-state index >= 15 is 0 Å². The predicted octanol–water partition coefficient (Wildman–Crippen LogP) is 3.25. The normalized spacial score (nSPS) is 9.81. The van der Waals surface area contributed by atoms with Gasteiger partial charge in [0.1, 0.15) is 5.75 Å². The quantitative estimate of drug-likeness (QED) is 0.764. The van der Waals surface area contributed by atoms with Crippen molar-refractivity contribution in [1.29, 1.82) is 0 Å². The summed E-state index contributed by atoms with van der Waals surface area (Å²) in [6.45, 7) is 0. The van der Waals surface area contributed by atoms with Crippen LogP contribution in [-0.4, -0.2) is 10.2 Å². The summed E-state index contributed by atoms with van der Waals surface area (Å²) in [4.78, 5) is 14.8. The number of rotatable bonds is 3. The minimum absolute atomic E-state index is 0.349. The Bertz CT molecular complexity index is 482. The van der Waals surface area contributed by atoms with E-state index in [0.29, 0.717) is 17.2 Å². The number of para-hydroxylation sites is 1. The summed E-state index contributed by atoms with van der Waals surface area (Å²) in [7, 11) is 0. The van der Waals surface area contributed by atoms with Gasteiger partial charge in [-0.3, -0.25) is 4.79 Å². The number of aromatic nitrogens is 1. The van der Waals surface area contributed by atoms with E-state index in [1.54, 1.807) is 12.1 Å². The molecule has 2 rings (SSSR count). The highest BCUT2D eigenvalue weighted by atomic mass is 35.5. The first-order chi connectivity index (χ1) is 7.75. The topological polar surface area (TPSA) is 39.2 Å². The molecular formula is C12H8ClNO2. The summed E-state index contributed by atoms with van der Waals surface area (Å²) in [5, 5.41) is -0.529. The molecule has 3 nitrogen and oxygen atoms in total. The van der Waals surface area contributed by atoms with Crippen LogP contribution in [-0.2, 0) is 0 Å². The fraction of sp³-hybridized carbons (Fsp3) is 0. The van der Waals surface area contributed by atoms with Crippen LogP contribution in [0.15, 0.2) is 48.7 Å². The average molecular weight is 234 g/mol. The van der Waals surface area contributed by atoms with Gasteiger partial charge in [0.05, 0.1) is 5.56 Å². The monoisotopic (exact) mass is 233 g/mol. The van der Waals surface area contributed by atoms with Gasteiger partial charge in [-0.2, -0.15) is 0 Å². The molecule has 1 aromatic heterocycles. The first kappa shape index (κ1) is 10.6. The third-order valence-corrected chi connectivity index (χ3v) is 2.15. The molecule has 4 heteroatoms. The van der Waals surface area contributed by atoms with Gasteiger partial charge in [-0.15, -0.1) is 0 Å². The summed E-state index contributed by atoms with van der Waals surface area (Å²) in [5.74, 6) is 1.12. The molecule has 0 aliphatic rings. The van der Waals surface area contributed by atoms with E-state index in [9.17, 15) is 4.79 Å². The van der Waals surface area contributed by atoms with Crippen LogP contribution in [0.4, 0.5) is 0 Å². The number of hydrogen-bond donors (Lipinski definition) is 0. The molecule has 80 valence electrons. The molecule has 0 N–H and O–H groups in total. The molecule has 0 atom stereocenters. The predicted molar refractivity (Wildman–Crippen MR) is 60.9 cm³/mol. The Balaban J connectivity index is 2.14. The van der Waals surface area contributed by atoms with E-state index in [1.807, 2.05) is 30.3 Å². The molecule has 0 fully saturated rings. The minimum Gasteiger partial charge on any atom is -0.439 e. The lowest BCUT2D eigenvalue weighted by molar-refractivity contribution is 0.108. The number of hydrogen-bond acceptors (Lipinski definition) is 3. The van der Waals surface area contributed by atoms with Crippen molar-refractivity contribution in [1.82, 2.24) is 4.98 Å². The van der Waals surface area contributed by atoms with E-state index in [1.165, 1.54) is 6.20 Å². The standard InChI is InChI=1S/C12H8ClNO2/c13-12(15)9-6-7-11(14-8-9)16-10-4-2-1-3-5-10/h1-8H. The Morgan fingerprint density at radius 2 is 1.88 bits per heavy atom. The van der Waals surface area contributed by atoms with Crippen molar-refractivity contribution in [2.24, 2.45) is 0 Å². The molecule has 0 aliphatic heterocycles. The van der Waals surface area contributed by atoms with Crippen LogP contribution in [0.25, 0.3) is 0 Å². The zero-order valence-corrected chi connectivity index (χ0v) is 9.02. The number of halogens is 1. The molecule has 0 amide bonds. The van der Waals surface area contributed by atoms with E-state index in [2.05, 4.69) is 4.98 Å². The Labute approximate surface area is 97.7 Å². The third kappa shape index (κ3) is 2.58. The van der Waals surface area contributed by atoms with Gasteiger partial charge < -0.3 is 4.74 Å². The van der Waals surface area contributed by atoms with Crippen molar-refractivity contribution in [3.05, 3.63) is 54.2 Å². The van der Waals surface area contributed by atoms with Gasteiger partial charge in [0, 0.05) is 12.3 Å². The highest BCUT2D eigenvalue weighted by Gasteiger charge is 2.03. The fourth-order valence-electron chi connectivity index (χ4n) is 1.17. The van der Waals surface area contributed by atoms with Crippen LogP contribution < -0.4 is 4.74 Å².